The van der Waals surface area contributed by atoms with Gasteiger partial charge in [0, 0.05) is 24.3 Å². The summed E-state index contributed by atoms with van der Waals surface area (Å²) in [4.78, 5) is 22.9. The average Bonchev–Trinajstić information content (AvgIpc) is 3.14. The Morgan fingerprint density at radius 2 is 2.04 bits per heavy atom. The Kier molecular flexibility index (Phi) is 5.94. The minimum absolute atomic E-state index is 0.134. The molecule has 1 fully saturated rings. The summed E-state index contributed by atoms with van der Waals surface area (Å²) < 4.78 is 5.40. The Balaban J connectivity index is 1.49. The predicted molar refractivity (Wildman–Crippen MR) is 97.3 cm³/mol. The minimum Gasteiger partial charge on any atom is -0.482 e. The predicted octanol–water partition coefficient (Wildman–Crippen LogP) is 3.08. The quantitative estimate of drug-likeness (QED) is 0.833. The van der Waals surface area contributed by atoms with Crippen LogP contribution in [0.2, 0.25) is 10.0 Å². The van der Waals surface area contributed by atoms with Crippen LogP contribution in [-0.4, -0.2) is 35.6 Å². The van der Waals surface area contributed by atoms with Crippen molar-refractivity contribution in [2.45, 2.75) is 19.4 Å². The van der Waals surface area contributed by atoms with E-state index in [-0.39, 0.29) is 12.5 Å². The van der Waals surface area contributed by atoms with Crippen LogP contribution in [0.5, 0.6) is 5.75 Å². The molecule has 0 unspecified atom stereocenters. The highest BCUT2D eigenvalue weighted by molar-refractivity contribution is 6.35. The number of rotatable bonds is 6. The Morgan fingerprint density at radius 1 is 1.24 bits per heavy atom. The van der Waals surface area contributed by atoms with Crippen molar-refractivity contribution in [3.8, 4) is 5.75 Å². The topological polar surface area (TPSA) is 67.3 Å². The molecule has 0 radical (unpaired) electrons. The first-order valence-corrected chi connectivity index (χ1v) is 8.79. The van der Waals surface area contributed by atoms with Crippen molar-refractivity contribution in [2.75, 3.05) is 24.6 Å². The zero-order chi connectivity index (χ0) is 17.6. The summed E-state index contributed by atoms with van der Waals surface area (Å²) in [6.07, 6.45) is 4.04. The highest BCUT2D eigenvalue weighted by Gasteiger charge is 2.15. The Morgan fingerprint density at radius 3 is 2.80 bits per heavy atom. The minimum atomic E-state index is -0.257. The molecule has 0 spiro atoms. The smallest absolute Gasteiger partial charge is 0.258 e. The number of aromatic nitrogens is 2. The fraction of sp³-hybridized carbons (Fsp3) is 0.353. The number of benzene rings is 1. The lowest BCUT2D eigenvalue weighted by molar-refractivity contribution is -0.123. The second kappa shape index (κ2) is 8.36. The number of anilines is 1. The van der Waals surface area contributed by atoms with Crippen molar-refractivity contribution in [3.63, 3.8) is 0 Å². The van der Waals surface area contributed by atoms with Crippen molar-refractivity contribution < 1.29 is 9.53 Å². The molecule has 132 valence electrons. The van der Waals surface area contributed by atoms with Gasteiger partial charge in [0.15, 0.2) is 6.61 Å². The van der Waals surface area contributed by atoms with Crippen LogP contribution >= 0.6 is 23.2 Å². The van der Waals surface area contributed by atoms with Crippen LogP contribution in [0, 0.1) is 0 Å². The van der Waals surface area contributed by atoms with Gasteiger partial charge in [-0.2, -0.15) is 0 Å². The molecular weight excluding hydrogens is 363 g/mol. The lowest BCUT2D eigenvalue weighted by Crippen LogP contribution is -2.29. The van der Waals surface area contributed by atoms with Gasteiger partial charge in [-0.15, -0.1) is 0 Å². The van der Waals surface area contributed by atoms with Crippen molar-refractivity contribution in [2.24, 2.45) is 0 Å². The van der Waals surface area contributed by atoms with E-state index in [1.165, 1.54) is 0 Å². The molecule has 2 heterocycles. The number of nitrogens with one attached hydrogen (secondary N) is 1. The molecule has 1 aromatic heterocycles. The lowest BCUT2D eigenvalue weighted by Gasteiger charge is -2.15. The van der Waals surface area contributed by atoms with Gasteiger partial charge in [0.2, 0.25) is 5.95 Å². The van der Waals surface area contributed by atoms with Gasteiger partial charge < -0.3 is 15.0 Å². The van der Waals surface area contributed by atoms with E-state index < -0.39 is 0 Å². The molecule has 2 aromatic rings. The fourth-order valence-corrected chi connectivity index (χ4v) is 2.99. The number of carbonyl (C=O) groups is 1. The van der Waals surface area contributed by atoms with Crippen molar-refractivity contribution in [1.29, 1.82) is 0 Å². The largest absolute Gasteiger partial charge is 0.482 e. The first-order chi connectivity index (χ1) is 12.1. The van der Waals surface area contributed by atoms with E-state index >= 15 is 0 Å². The molecule has 1 aliphatic rings. The van der Waals surface area contributed by atoms with Crippen LogP contribution in [0.15, 0.2) is 30.5 Å². The summed E-state index contributed by atoms with van der Waals surface area (Å²) in [6.45, 7) is 2.14. The molecule has 0 aliphatic carbocycles. The molecule has 1 amide bonds. The van der Waals surface area contributed by atoms with Gasteiger partial charge in [-0.1, -0.05) is 23.2 Å². The van der Waals surface area contributed by atoms with Gasteiger partial charge in [0.1, 0.15) is 5.75 Å². The summed E-state index contributed by atoms with van der Waals surface area (Å²) in [5, 5.41) is 3.66. The van der Waals surface area contributed by atoms with Crippen LogP contribution in [0.4, 0.5) is 5.95 Å². The molecule has 1 aliphatic heterocycles. The van der Waals surface area contributed by atoms with Gasteiger partial charge in [-0.3, -0.25) is 4.79 Å². The first-order valence-electron chi connectivity index (χ1n) is 8.03. The Hall–Kier alpha value is -2.05. The highest BCUT2D eigenvalue weighted by atomic mass is 35.5. The van der Waals surface area contributed by atoms with E-state index in [1.807, 2.05) is 0 Å². The van der Waals surface area contributed by atoms with E-state index in [2.05, 4.69) is 20.2 Å². The van der Waals surface area contributed by atoms with E-state index in [1.54, 1.807) is 30.5 Å². The second-order valence-electron chi connectivity index (χ2n) is 5.68. The SMILES string of the molecule is O=C(COc1ccc(Cl)cc1Cl)NCc1ccnc(N2CCCC2)n1. The molecule has 0 bridgehead atoms. The van der Waals surface area contributed by atoms with Crippen molar-refractivity contribution in [3.05, 3.63) is 46.2 Å². The van der Waals surface area contributed by atoms with Gasteiger partial charge in [0.05, 0.1) is 17.3 Å². The zero-order valence-electron chi connectivity index (χ0n) is 13.5. The van der Waals surface area contributed by atoms with Crippen LogP contribution < -0.4 is 15.0 Å². The number of nitrogens with zero attached hydrogens (tertiary/aromatic N) is 3. The summed E-state index contributed by atoms with van der Waals surface area (Å²) in [5.74, 6) is 0.875. The molecule has 8 heteroatoms. The van der Waals surface area contributed by atoms with E-state index in [0.29, 0.717) is 28.3 Å². The van der Waals surface area contributed by atoms with E-state index in [4.69, 9.17) is 27.9 Å². The molecule has 0 atom stereocenters. The molecule has 1 N–H and O–H groups in total. The van der Waals surface area contributed by atoms with E-state index in [9.17, 15) is 4.79 Å². The van der Waals surface area contributed by atoms with Crippen LogP contribution in [0.3, 0.4) is 0 Å². The summed E-state index contributed by atoms with van der Waals surface area (Å²) in [7, 11) is 0. The summed E-state index contributed by atoms with van der Waals surface area (Å²) >= 11 is 11.8. The van der Waals surface area contributed by atoms with Gasteiger partial charge >= 0.3 is 0 Å². The number of halogens is 2. The third-order valence-electron chi connectivity index (χ3n) is 3.81. The van der Waals surface area contributed by atoms with Crippen molar-refractivity contribution >= 4 is 35.1 Å². The second-order valence-corrected chi connectivity index (χ2v) is 6.53. The average molecular weight is 381 g/mol. The van der Waals surface area contributed by atoms with E-state index in [0.717, 1.165) is 31.6 Å². The van der Waals surface area contributed by atoms with Crippen LogP contribution in [-0.2, 0) is 11.3 Å². The fourth-order valence-electron chi connectivity index (χ4n) is 2.53. The number of carbonyl (C=O) groups excluding carboxylic acids is 1. The molecule has 6 nitrogen and oxygen atoms in total. The number of amides is 1. The standard InChI is InChI=1S/C17H18Cl2N4O2/c18-12-3-4-15(14(19)9-12)25-11-16(24)21-10-13-5-6-20-17(22-13)23-7-1-2-8-23/h3-6,9H,1-2,7-8,10-11H2,(H,21,24). The molecule has 1 aromatic carbocycles. The third kappa shape index (κ3) is 4.96. The number of hydrogen-bond acceptors (Lipinski definition) is 5. The van der Waals surface area contributed by atoms with Crippen LogP contribution in [0.25, 0.3) is 0 Å². The van der Waals surface area contributed by atoms with Gasteiger partial charge in [0.25, 0.3) is 5.91 Å². The molecule has 0 saturated carbocycles. The molecule has 25 heavy (non-hydrogen) atoms. The Labute approximate surface area is 156 Å². The normalized spacial score (nSPS) is 13.8. The maximum Gasteiger partial charge on any atom is 0.258 e. The summed E-state index contributed by atoms with van der Waals surface area (Å²) in [5.41, 5.74) is 0.759. The molecule has 1 saturated heterocycles. The number of ether oxygens (including phenoxy) is 1. The third-order valence-corrected chi connectivity index (χ3v) is 4.34. The van der Waals surface area contributed by atoms with Crippen LogP contribution in [0.1, 0.15) is 18.5 Å². The number of hydrogen-bond donors (Lipinski definition) is 1. The highest BCUT2D eigenvalue weighted by Crippen LogP contribution is 2.27. The maximum absolute atomic E-state index is 11.9. The molecule has 3 rings (SSSR count). The van der Waals surface area contributed by atoms with Gasteiger partial charge in [-0.25, -0.2) is 9.97 Å². The summed E-state index contributed by atoms with van der Waals surface area (Å²) in [6, 6.07) is 6.64. The van der Waals surface area contributed by atoms with Gasteiger partial charge in [-0.05, 0) is 37.1 Å². The maximum atomic E-state index is 11.9. The Bertz CT molecular complexity index is 751. The van der Waals surface area contributed by atoms with Crippen molar-refractivity contribution in [1.82, 2.24) is 15.3 Å². The monoisotopic (exact) mass is 380 g/mol. The first kappa shape index (κ1) is 17.8. The zero-order valence-corrected chi connectivity index (χ0v) is 15.1. The lowest BCUT2D eigenvalue weighted by atomic mass is 10.3. The molecular formula is C17H18Cl2N4O2.